The van der Waals surface area contributed by atoms with Crippen LogP contribution in [0.4, 0.5) is 5.00 Å². The topological polar surface area (TPSA) is 66.4 Å². The third-order valence-electron chi connectivity index (χ3n) is 2.20. The summed E-state index contributed by atoms with van der Waals surface area (Å²) < 4.78 is 0.316. The lowest BCUT2D eigenvalue weighted by molar-refractivity contribution is 0.0698. The van der Waals surface area contributed by atoms with Crippen LogP contribution in [0.25, 0.3) is 0 Å². The molecule has 1 aromatic heterocycles. The van der Waals surface area contributed by atoms with Gasteiger partial charge in [0.05, 0.1) is 9.90 Å². The van der Waals surface area contributed by atoms with Crippen molar-refractivity contribution in [2.24, 2.45) is 0 Å². The summed E-state index contributed by atoms with van der Waals surface area (Å²) in [4.78, 5) is 22.8. The number of thiophene rings is 1. The molecule has 0 unspecified atom stereocenters. The van der Waals surface area contributed by atoms with Gasteiger partial charge in [0.25, 0.3) is 5.91 Å². The standard InChI is InChI=1S/C12H8ClNO3S/c13-9-6-8(12(16)17)11(18-9)14-10(15)7-4-2-1-3-5-7/h1-6H,(H,14,15)(H,16,17). The molecule has 0 saturated heterocycles. The van der Waals surface area contributed by atoms with E-state index in [-0.39, 0.29) is 16.5 Å². The minimum Gasteiger partial charge on any atom is -0.478 e. The Kier molecular flexibility index (Phi) is 3.64. The maximum Gasteiger partial charge on any atom is 0.338 e. The number of halogens is 1. The Balaban J connectivity index is 2.25. The summed E-state index contributed by atoms with van der Waals surface area (Å²) in [5, 5.41) is 11.7. The van der Waals surface area contributed by atoms with Crippen molar-refractivity contribution in [1.29, 1.82) is 0 Å². The van der Waals surface area contributed by atoms with Gasteiger partial charge in [-0.15, -0.1) is 11.3 Å². The van der Waals surface area contributed by atoms with E-state index in [2.05, 4.69) is 5.32 Å². The molecular weight excluding hydrogens is 274 g/mol. The SMILES string of the molecule is O=C(Nc1sc(Cl)cc1C(=O)O)c1ccccc1. The number of aromatic carboxylic acids is 1. The van der Waals surface area contributed by atoms with Gasteiger partial charge < -0.3 is 10.4 Å². The van der Waals surface area contributed by atoms with Crippen molar-refractivity contribution >= 4 is 39.8 Å². The molecule has 0 saturated carbocycles. The van der Waals surface area contributed by atoms with Crippen LogP contribution in [0.2, 0.25) is 4.34 Å². The van der Waals surface area contributed by atoms with E-state index in [0.717, 1.165) is 11.3 Å². The van der Waals surface area contributed by atoms with Gasteiger partial charge in [0.15, 0.2) is 0 Å². The van der Waals surface area contributed by atoms with Crippen molar-refractivity contribution in [3.8, 4) is 0 Å². The van der Waals surface area contributed by atoms with Gasteiger partial charge in [-0.05, 0) is 18.2 Å². The molecule has 2 aromatic rings. The van der Waals surface area contributed by atoms with Crippen molar-refractivity contribution in [1.82, 2.24) is 0 Å². The van der Waals surface area contributed by atoms with E-state index in [1.54, 1.807) is 30.3 Å². The maximum atomic E-state index is 11.9. The van der Waals surface area contributed by atoms with E-state index >= 15 is 0 Å². The Bertz CT molecular complexity index is 595. The predicted molar refractivity (Wildman–Crippen MR) is 70.7 cm³/mol. The zero-order chi connectivity index (χ0) is 13.1. The first-order chi connectivity index (χ1) is 8.58. The zero-order valence-electron chi connectivity index (χ0n) is 9.01. The second-order valence-corrected chi connectivity index (χ2v) is 5.10. The van der Waals surface area contributed by atoms with Crippen molar-refractivity contribution in [2.75, 3.05) is 5.32 Å². The quantitative estimate of drug-likeness (QED) is 0.906. The van der Waals surface area contributed by atoms with E-state index in [1.165, 1.54) is 6.07 Å². The van der Waals surface area contributed by atoms with Crippen molar-refractivity contribution in [3.05, 3.63) is 51.9 Å². The average molecular weight is 282 g/mol. The van der Waals surface area contributed by atoms with Gasteiger partial charge in [-0.2, -0.15) is 0 Å². The molecule has 1 aromatic carbocycles. The Hall–Kier alpha value is -1.85. The first-order valence-electron chi connectivity index (χ1n) is 4.97. The Morgan fingerprint density at radius 1 is 1.22 bits per heavy atom. The second kappa shape index (κ2) is 5.20. The number of anilines is 1. The van der Waals surface area contributed by atoms with Crippen LogP contribution in [-0.2, 0) is 0 Å². The molecule has 92 valence electrons. The van der Waals surface area contributed by atoms with E-state index in [1.807, 2.05) is 0 Å². The molecular formula is C12H8ClNO3S. The third-order valence-corrected chi connectivity index (χ3v) is 3.37. The van der Waals surface area contributed by atoms with Gasteiger partial charge in [0, 0.05) is 5.56 Å². The predicted octanol–water partition coefficient (Wildman–Crippen LogP) is 3.35. The van der Waals surface area contributed by atoms with E-state index in [4.69, 9.17) is 16.7 Å². The number of rotatable bonds is 3. The van der Waals surface area contributed by atoms with Crippen LogP contribution >= 0.6 is 22.9 Å². The second-order valence-electron chi connectivity index (χ2n) is 3.42. The molecule has 0 spiro atoms. The van der Waals surface area contributed by atoms with Crippen molar-refractivity contribution in [2.45, 2.75) is 0 Å². The first-order valence-corrected chi connectivity index (χ1v) is 6.16. The van der Waals surface area contributed by atoms with Gasteiger partial charge >= 0.3 is 5.97 Å². The number of carboxylic acids is 1. The third kappa shape index (κ3) is 2.69. The van der Waals surface area contributed by atoms with Gasteiger partial charge in [-0.25, -0.2) is 4.79 Å². The fraction of sp³-hybridized carbons (Fsp3) is 0. The van der Waals surface area contributed by atoms with Crippen LogP contribution in [0, 0.1) is 0 Å². The molecule has 0 aliphatic rings. The fourth-order valence-corrected chi connectivity index (χ4v) is 2.49. The Labute approximate surface area is 112 Å². The van der Waals surface area contributed by atoms with E-state index in [9.17, 15) is 9.59 Å². The average Bonchev–Trinajstić information content (AvgIpc) is 2.71. The van der Waals surface area contributed by atoms with E-state index < -0.39 is 5.97 Å². The number of hydrogen-bond acceptors (Lipinski definition) is 3. The van der Waals surface area contributed by atoms with Crippen LogP contribution in [-0.4, -0.2) is 17.0 Å². The molecule has 2 N–H and O–H groups in total. The van der Waals surface area contributed by atoms with Gasteiger partial charge in [0.2, 0.25) is 0 Å². The lowest BCUT2D eigenvalue weighted by Crippen LogP contribution is -2.12. The van der Waals surface area contributed by atoms with Crippen LogP contribution in [0.5, 0.6) is 0 Å². The number of amides is 1. The van der Waals surface area contributed by atoms with Gasteiger partial charge in [-0.1, -0.05) is 29.8 Å². The highest BCUT2D eigenvalue weighted by Crippen LogP contribution is 2.32. The molecule has 1 amide bonds. The Morgan fingerprint density at radius 2 is 1.89 bits per heavy atom. The highest BCUT2D eigenvalue weighted by Gasteiger charge is 2.17. The number of carbonyl (C=O) groups excluding carboxylic acids is 1. The molecule has 2 rings (SSSR count). The lowest BCUT2D eigenvalue weighted by Gasteiger charge is -2.03. The molecule has 0 fully saturated rings. The van der Waals surface area contributed by atoms with Gasteiger partial charge in [0.1, 0.15) is 5.00 Å². The summed E-state index contributed by atoms with van der Waals surface area (Å²) in [7, 11) is 0. The van der Waals surface area contributed by atoms with Crippen LogP contribution in [0.15, 0.2) is 36.4 Å². The smallest absolute Gasteiger partial charge is 0.338 e. The largest absolute Gasteiger partial charge is 0.478 e. The molecule has 4 nitrogen and oxygen atoms in total. The van der Waals surface area contributed by atoms with Crippen LogP contribution in [0.1, 0.15) is 20.7 Å². The highest BCUT2D eigenvalue weighted by molar-refractivity contribution is 7.20. The monoisotopic (exact) mass is 281 g/mol. The molecule has 0 aliphatic heterocycles. The number of benzene rings is 1. The molecule has 0 aliphatic carbocycles. The summed E-state index contributed by atoms with van der Waals surface area (Å²) in [5.74, 6) is -1.49. The summed E-state index contributed by atoms with van der Waals surface area (Å²) in [5.41, 5.74) is 0.452. The zero-order valence-corrected chi connectivity index (χ0v) is 10.6. The minimum atomic E-state index is -1.12. The molecule has 6 heteroatoms. The molecule has 0 atom stereocenters. The minimum absolute atomic E-state index is 0.00530. The van der Waals surface area contributed by atoms with Crippen LogP contribution < -0.4 is 5.32 Å². The first kappa shape index (κ1) is 12.6. The van der Waals surface area contributed by atoms with Crippen LogP contribution in [0.3, 0.4) is 0 Å². The summed E-state index contributed by atoms with van der Waals surface area (Å²) in [6, 6.07) is 9.86. The van der Waals surface area contributed by atoms with E-state index in [0.29, 0.717) is 9.90 Å². The number of carbonyl (C=O) groups is 2. The molecule has 18 heavy (non-hydrogen) atoms. The van der Waals surface area contributed by atoms with Crippen molar-refractivity contribution < 1.29 is 14.7 Å². The summed E-state index contributed by atoms with van der Waals surface area (Å²) in [6.07, 6.45) is 0. The summed E-state index contributed by atoms with van der Waals surface area (Å²) in [6.45, 7) is 0. The molecule has 0 bridgehead atoms. The maximum absolute atomic E-state index is 11.9. The number of nitrogens with one attached hydrogen (secondary N) is 1. The highest BCUT2D eigenvalue weighted by atomic mass is 35.5. The molecule has 1 heterocycles. The number of carboxylic acid groups (broad SMARTS) is 1. The van der Waals surface area contributed by atoms with Crippen molar-refractivity contribution in [3.63, 3.8) is 0 Å². The normalized spacial score (nSPS) is 10.1. The number of hydrogen-bond donors (Lipinski definition) is 2. The van der Waals surface area contributed by atoms with Gasteiger partial charge in [-0.3, -0.25) is 4.79 Å². The summed E-state index contributed by atoms with van der Waals surface area (Å²) >= 11 is 6.76. The fourth-order valence-electron chi connectivity index (χ4n) is 1.38. The Morgan fingerprint density at radius 3 is 2.50 bits per heavy atom. The molecule has 0 radical (unpaired) electrons. The lowest BCUT2D eigenvalue weighted by atomic mass is 10.2.